The van der Waals surface area contributed by atoms with Crippen molar-refractivity contribution in [2.24, 2.45) is 5.92 Å². The van der Waals surface area contributed by atoms with Gasteiger partial charge in [0.05, 0.1) is 5.60 Å². The van der Waals surface area contributed by atoms with Crippen molar-refractivity contribution in [3.8, 4) is 0 Å². The van der Waals surface area contributed by atoms with Crippen LogP contribution in [-0.2, 0) is 4.74 Å². The molecular weight excluding hydrogens is 174 g/mol. The number of nitrogens with zero attached hydrogens (tertiary/aromatic N) is 1. The lowest BCUT2D eigenvalue weighted by atomic mass is 9.83. The highest BCUT2D eigenvalue weighted by Crippen LogP contribution is 2.31. The summed E-state index contributed by atoms with van der Waals surface area (Å²) in [6, 6.07) is 0. The van der Waals surface area contributed by atoms with Gasteiger partial charge in [0.2, 0.25) is 0 Å². The number of methoxy groups -OCH3 is 1. The van der Waals surface area contributed by atoms with Crippen molar-refractivity contribution in [3.05, 3.63) is 0 Å². The molecule has 1 rings (SSSR count). The minimum Gasteiger partial charge on any atom is -0.376 e. The molecule has 2 nitrogen and oxygen atoms in total. The van der Waals surface area contributed by atoms with E-state index in [4.69, 9.17) is 4.74 Å². The van der Waals surface area contributed by atoms with Gasteiger partial charge in [-0.2, -0.15) is 0 Å². The van der Waals surface area contributed by atoms with Crippen LogP contribution in [0.15, 0.2) is 0 Å². The molecule has 0 spiro atoms. The molecule has 0 amide bonds. The first-order valence-corrected chi connectivity index (χ1v) is 5.85. The molecule has 14 heavy (non-hydrogen) atoms. The fourth-order valence-electron chi connectivity index (χ4n) is 2.57. The third kappa shape index (κ3) is 2.96. The van der Waals surface area contributed by atoms with E-state index >= 15 is 0 Å². The molecular formula is C12H25NO. The molecule has 1 unspecified atom stereocenters. The fraction of sp³-hybridized carbons (Fsp3) is 1.00. The van der Waals surface area contributed by atoms with Crippen LogP contribution in [0.3, 0.4) is 0 Å². The predicted molar refractivity (Wildman–Crippen MR) is 60.5 cm³/mol. The maximum atomic E-state index is 5.65. The summed E-state index contributed by atoms with van der Waals surface area (Å²) < 4.78 is 5.65. The third-order valence-electron chi connectivity index (χ3n) is 3.32. The number of unbranched alkanes of at least 4 members (excludes halogenated alkanes) is 1. The predicted octanol–water partition coefficient (Wildman–Crippen LogP) is 2.53. The van der Waals surface area contributed by atoms with Crippen LogP contribution in [0.5, 0.6) is 0 Å². The average Bonchev–Trinajstić information content (AvgIpc) is 2.11. The lowest BCUT2D eigenvalue weighted by molar-refractivity contribution is -0.126. The highest BCUT2D eigenvalue weighted by molar-refractivity contribution is 4.96. The molecule has 0 aromatic heterocycles. The molecule has 1 atom stereocenters. The molecule has 1 aliphatic rings. The molecule has 0 aromatic carbocycles. The molecule has 1 saturated heterocycles. The quantitative estimate of drug-likeness (QED) is 0.652. The summed E-state index contributed by atoms with van der Waals surface area (Å²) in [4.78, 5) is 2.33. The van der Waals surface area contributed by atoms with E-state index in [0.29, 0.717) is 0 Å². The Morgan fingerprint density at radius 3 is 2.50 bits per heavy atom. The molecule has 0 bridgehead atoms. The van der Waals surface area contributed by atoms with Crippen molar-refractivity contribution in [2.75, 3.05) is 27.2 Å². The minimum atomic E-state index is 0.182. The summed E-state index contributed by atoms with van der Waals surface area (Å²) in [5, 5.41) is 0. The van der Waals surface area contributed by atoms with E-state index in [9.17, 15) is 0 Å². The van der Waals surface area contributed by atoms with Gasteiger partial charge in [-0.3, -0.25) is 0 Å². The van der Waals surface area contributed by atoms with Gasteiger partial charge in [-0.25, -0.2) is 0 Å². The molecule has 0 aliphatic carbocycles. The maximum Gasteiger partial charge on any atom is 0.0933 e. The van der Waals surface area contributed by atoms with Crippen molar-refractivity contribution in [3.63, 3.8) is 0 Å². The lowest BCUT2D eigenvalue weighted by Gasteiger charge is -2.48. The van der Waals surface area contributed by atoms with Crippen molar-refractivity contribution in [1.29, 1.82) is 0 Å². The van der Waals surface area contributed by atoms with E-state index in [0.717, 1.165) is 19.0 Å². The summed E-state index contributed by atoms with van der Waals surface area (Å²) in [5.41, 5.74) is 0.182. The molecule has 1 fully saturated rings. The minimum absolute atomic E-state index is 0.182. The Kier molecular flexibility index (Phi) is 4.39. The third-order valence-corrected chi connectivity index (χ3v) is 3.32. The standard InChI is InChI=1S/C12H25NO/c1-5-6-7-11(2)8-12(14-4)9-13(3)10-12/h11H,5-10H2,1-4H3. The van der Waals surface area contributed by atoms with E-state index in [1.807, 2.05) is 7.11 Å². The molecule has 0 saturated carbocycles. The monoisotopic (exact) mass is 199 g/mol. The first-order valence-electron chi connectivity index (χ1n) is 5.85. The van der Waals surface area contributed by atoms with Gasteiger partial charge < -0.3 is 9.64 Å². The second-order valence-corrected chi connectivity index (χ2v) is 5.01. The largest absolute Gasteiger partial charge is 0.376 e. The van der Waals surface area contributed by atoms with Gasteiger partial charge in [-0.05, 0) is 19.4 Å². The van der Waals surface area contributed by atoms with Crippen LogP contribution in [0.25, 0.3) is 0 Å². The summed E-state index contributed by atoms with van der Waals surface area (Å²) in [6.45, 7) is 6.84. The molecule has 1 heterocycles. The Labute approximate surface area is 88.6 Å². The number of hydrogen-bond donors (Lipinski definition) is 0. The number of likely N-dealkylation sites (tertiary alicyclic amines) is 1. The second kappa shape index (κ2) is 5.13. The van der Waals surface area contributed by atoms with Gasteiger partial charge in [0.1, 0.15) is 0 Å². The zero-order chi connectivity index (χ0) is 10.6. The Bertz CT molecular complexity index is 164. The van der Waals surface area contributed by atoms with E-state index in [-0.39, 0.29) is 5.60 Å². The van der Waals surface area contributed by atoms with E-state index in [1.54, 1.807) is 0 Å². The highest BCUT2D eigenvalue weighted by Gasteiger charge is 2.41. The number of rotatable bonds is 6. The van der Waals surface area contributed by atoms with Gasteiger partial charge in [-0.1, -0.05) is 33.1 Å². The zero-order valence-electron chi connectivity index (χ0n) is 10.2. The van der Waals surface area contributed by atoms with Gasteiger partial charge in [0.25, 0.3) is 0 Å². The van der Waals surface area contributed by atoms with E-state index in [1.165, 1.54) is 25.7 Å². The number of likely N-dealkylation sites (N-methyl/N-ethyl adjacent to an activating group) is 1. The van der Waals surface area contributed by atoms with Crippen molar-refractivity contribution in [1.82, 2.24) is 4.90 Å². The maximum absolute atomic E-state index is 5.65. The number of hydrogen-bond acceptors (Lipinski definition) is 2. The van der Waals surface area contributed by atoms with E-state index in [2.05, 4.69) is 25.8 Å². The van der Waals surface area contributed by atoms with Crippen LogP contribution < -0.4 is 0 Å². The molecule has 0 radical (unpaired) electrons. The van der Waals surface area contributed by atoms with Gasteiger partial charge in [-0.15, -0.1) is 0 Å². The molecule has 0 N–H and O–H groups in total. The van der Waals surface area contributed by atoms with Crippen molar-refractivity contribution < 1.29 is 4.74 Å². The van der Waals surface area contributed by atoms with Crippen LogP contribution in [0.1, 0.15) is 39.5 Å². The van der Waals surface area contributed by atoms with Gasteiger partial charge in [0, 0.05) is 20.2 Å². The average molecular weight is 199 g/mol. The molecule has 1 aliphatic heterocycles. The van der Waals surface area contributed by atoms with E-state index < -0.39 is 0 Å². The first kappa shape index (κ1) is 12.0. The SMILES string of the molecule is CCCCC(C)CC1(OC)CN(C)C1. The Balaban J connectivity index is 2.27. The number of ether oxygens (including phenoxy) is 1. The smallest absolute Gasteiger partial charge is 0.0933 e. The Hall–Kier alpha value is -0.0800. The van der Waals surface area contributed by atoms with Gasteiger partial charge >= 0.3 is 0 Å². The Morgan fingerprint density at radius 2 is 2.07 bits per heavy atom. The zero-order valence-corrected chi connectivity index (χ0v) is 10.2. The van der Waals surface area contributed by atoms with Crippen LogP contribution in [0.4, 0.5) is 0 Å². The highest BCUT2D eigenvalue weighted by atomic mass is 16.5. The summed E-state index contributed by atoms with van der Waals surface area (Å²) >= 11 is 0. The normalized spacial score (nSPS) is 23.1. The van der Waals surface area contributed by atoms with Crippen LogP contribution in [0.2, 0.25) is 0 Å². The first-order chi connectivity index (χ1) is 6.62. The van der Waals surface area contributed by atoms with Crippen LogP contribution in [-0.4, -0.2) is 37.7 Å². The van der Waals surface area contributed by atoms with Gasteiger partial charge in [0.15, 0.2) is 0 Å². The summed E-state index contributed by atoms with van der Waals surface area (Å²) in [6.07, 6.45) is 5.25. The lowest BCUT2D eigenvalue weighted by Crippen LogP contribution is -2.61. The fourth-order valence-corrected chi connectivity index (χ4v) is 2.57. The molecule has 84 valence electrons. The molecule has 2 heteroatoms. The van der Waals surface area contributed by atoms with Crippen molar-refractivity contribution in [2.45, 2.75) is 45.1 Å². The van der Waals surface area contributed by atoms with Crippen LogP contribution >= 0.6 is 0 Å². The topological polar surface area (TPSA) is 12.5 Å². The summed E-state index contributed by atoms with van der Waals surface area (Å²) in [7, 11) is 4.02. The second-order valence-electron chi connectivity index (χ2n) is 5.01. The van der Waals surface area contributed by atoms with Crippen molar-refractivity contribution >= 4 is 0 Å². The van der Waals surface area contributed by atoms with Crippen LogP contribution in [0, 0.1) is 5.92 Å². The summed E-state index contributed by atoms with van der Waals surface area (Å²) in [5.74, 6) is 0.809. The Morgan fingerprint density at radius 1 is 1.43 bits per heavy atom. The molecule has 0 aromatic rings.